The van der Waals surface area contributed by atoms with Crippen molar-refractivity contribution in [3.05, 3.63) is 34.1 Å². The zero-order valence-electron chi connectivity index (χ0n) is 10.2. The molecule has 0 unspecified atom stereocenters. The molecule has 1 atom stereocenters. The van der Waals surface area contributed by atoms with Crippen LogP contribution in [0.1, 0.15) is 18.5 Å². The number of halogens is 4. The van der Waals surface area contributed by atoms with Gasteiger partial charge in [-0.15, -0.1) is 24.8 Å². The van der Waals surface area contributed by atoms with E-state index in [1.54, 1.807) is 6.07 Å². The Labute approximate surface area is 128 Å². The minimum absolute atomic E-state index is 0. The number of piperazine rings is 1. The number of nitrogens with zero attached hydrogens (tertiary/aromatic N) is 1. The van der Waals surface area contributed by atoms with E-state index < -0.39 is 0 Å². The third kappa shape index (κ3) is 4.07. The fourth-order valence-corrected chi connectivity index (χ4v) is 2.70. The van der Waals surface area contributed by atoms with Gasteiger partial charge in [-0.05, 0) is 34.5 Å². The molecule has 18 heavy (non-hydrogen) atoms. The molecule has 0 amide bonds. The Hall–Kier alpha value is 0.130. The molecule has 1 fully saturated rings. The van der Waals surface area contributed by atoms with Gasteiger partial charge in [0.05, 0.1) is 4.47 Å². The number of hydrogen-bond acceptors (Lipinski definition) is 2. The van der Waals surface area contributed by atoms with Crippen LogP contribution in [-0.2, 0) is 0 Å². The van der Waals surface area contributed by atoms with E-state index in [9.17, 15) is 4.39 Å². The Morgan fingerprint density at radius 1 is 1.28 bits per heavy atom. The van der Waals surface area contributed by atoms with Gasteiger partial charge in [-0.3, -0.25) is 4.90 Å². The molecule has 0 aromatic heterocycles. The molecular weight excluding hydrogens is 342 g/mol. The molecule has 0 aliphatic carbocycles. The van der Waals surface area contributed by atoms with Gasteiger partial charge in [-0.2, -0.15) is 0 Å². The highest BCUT2D eigenvalue weighted by molar-refractivity contribution is 9.10. The van der Waals surface area contributed by atoms with Crippen molar-refractivity contribution in [3.8, 4) is 0 Å². The van der Waals surface area contributed by atoms with Crippen molar-refractivity contribution in [1.82, 2.24) is 10.2 Å². The summed E-state index contributed by atoms with van der Waals surface area (Å²) in [6.45, 7) is 6.19. The Bertz CT molecular complexity index is 373. The van der Waals surface area contributed by atoms with E-state index in [-0.39, 0.29) is 36.7 Å². The van der Waals surface area contributed by atoms with Gasteiger partial charge >= 0.3 is 0 Å². The second kappa shape index (κ2) is 8.33. The lowest BCUT2D eigenvalue weighted by Crippen LogP contribution is -2.44. The van der Waals surface area contributed by atoms with Crippen LogP contribution in [0.5, 0.6) is 0 Å². The third-order valence-electron chi connectivity index (χ3n) is 3.13. The van der Waals surface area contributed by atoms with Crippen LogP contribution >= 0.6 is 40.7 Å². The van der Waals surface area contributed by atoms with Crippen molar-refractivity contribution >= 4 is 40.7 Å². The number of nitrogens with one attached hydrogen (secondary N) is 1. The van der Waals surface area contributed by atoms with E-state index in [1.165, 1.54) is 6.07 Å². The molecule has 2 rings (SSSR count). The first-order valence-electron chi connectivity index (χ1n) is 5.59. The molecule has 0 saturated carbocycles. The Morgan fingerprint density at radius 2 is 1.89 bits per heavy atom. The van der Waals surface area contributed by atoms with Gasteiger partial charge < -0.3 is 5.32 Å². The minimum atomic E-state index is -0.181. The number of rotatable bonds is 2. The zero-order chi connectivity index (χ0) is 11.5. The summed E-state index contributed by atoms with van der Waals surface area (Å²) in [4.78, 5) is 2.37. The molecule has 1 aromatic rings. The maximum Gasteiger partial charge on any atom is 0.137 e. The lowest BCUT2D eigenvalue weighted by molar-refractivity contribution is 0.185. The molecule has 2 nitrogen and oxygen atoms in total. The van der Waals surface area contributed by atoms with Crippen LogP contribution < -0.4 is 5.32 Å². The summed E-state index contributed by atoms with van der Waals surface area (Å²) in [6.07, 6.45) is 0. The van der Waals surface area contributed by atoms with Gasteiger partial charge in [0.25, 0.3) is 0 Å². The fourth-order valence-electron chi connectivity index (χ4n) is 2.11. The molecule has 1 N–H and O–H groups in total. The summed E-state index contributed by atoms with van der Waals surface area (Å²) in [6, 6.07) is 5.50. The van der Waals surface area contributed by atoms with Gasteiger partial charge in [0.2, 0.25) is 0 Å². The maximum atomic E-state index is 13.4. The van der Waals surface area contributed by atoms with E-state index in [0.29, 0.717) is 4.47 Å². The largest absolute Gasteiger partial charge is 0.314 e. The van der Waals surface area contributed by atoms with Crippen molar-refractivity contribution in [1.29, 1.82) is 0 Å². The summed E-state index contributed by atoms with van der Waals surface area (Å²) in [7, 11) is 0. The molecular formula is C12H18BrCl2FN2. The van der Waals surface area contributed by atoms with Crippen LogP contribution in [0.3, 0.4) is 0 Å². The van der Waals surface area contributed by atoms with Crippen molar-refractivity contribution in [2.24, 2.45) is 0 Å². The molecule has 1 aromatic carbocycles. The summed E-state index contributed by atoms with van der Waals surface area (Å²) in [5, 5.41) is 3.32. The van der Waals surface area contributed by atoms with Gasteiger partial charge in [0.15, 0.2) is 0 Å². The standard InChI is InChI=1S/C12H16BrFN2.2ClH/c1-9(16-7-5-15-6-8-16)10-3-2-4-11(14)12(10)13;;/h2-4,9,15H,5-8H2,1H3;2*1H/t9-;;/m1../s1. The molecule has 1 saturated heterocycles. The highest BCUT2D eigenvalue weighted by Crippen LogP contribution is 2.29. The van der Waals surface area contributed by atoms with Crippen molar-refractivity contribution in [3.63, 3.8) is 0 Å². The molecule has 0 radical (unpaired) electrons. The topological polar surface area (TPSA) is 15.3 Å². The van der Waals surface area contributed by atoms with E-state index in [2.05, 4.69) is 33.1 Å². The first kappa shape index (κ1) is 18.1. The van der Waals surface area contributed by atoms with E-state index in [1.807, 2.05) is 6.07 Å². The third-order valence-corrected chi connectivity index (χ3v) is 3.97. The molecule has 1 aliphatic rings. The van der Waals surface area contributed by atoms with Crippen molar-refractivity contribution in [2.75, 3.05) is 26.2 Å². The second-order valence-electron chi connectivity index (χ2n) is 4.10. The van der Waals surface area contributed by atoms with Crippen LogP contribution in [0.25, 0.3) is 0 Å². The quantitative estimate of drug-likeness (QED) is 0.870. The SMILES string of the molecule is C[C@H](c1cccc(F)c1Br)N1CCNCC1.Cl.Cl. The monoisotopic (exact) mass is 358 g/mol. The molecule has 6 heteroatoms. The average Bonchev–Trinajstić information content (AvgIpc) is 2.33. The lowest BCUT2D eigenvalue weighted by Gasteiger charge is -2.33. The summed E-state index contributed by atoms with van der Waals surface area (Å²) in [5.41, 5.74) is 1.03. The fraction of sp³-hybridized carbons (Fsp3) is 0.500. The highest BCUT2D eigenvalue weighted by Gasteiger charge is 2.20. The average molecular weight is 360 g/mol. The molecule has 0 bridgehead atoms. The van der Waals surface area contributed by atoms with Crippen LogP contribution in [0, 0.1) is 5.82 Å². The van der Waals surface area contributed by atoms with Gasteiger partial charge in [0.1, 0.15) is 5.82 Å². The van der Waals surface area contributed by atoms with E-state index >= 15 is 0 Å². The predicted octanol–water partition coefficient (Wildman–Crippen LogP) is 3.40. The summed E-state index contributed by atoms with van der Waals surface area (Å²) in [5.74, 6) is -0.181. The minimum Gasteiger partial charge on any atom is -0.314 e. The van der Waals surface area contributed by atoms with Gasteiger partial charge in [0, 0.05) is 32.2 Å². The normalized spacial score (nSPS) is 17.5. The molecule has 104 valence electrons. The smallest absolute Gasteiger partial charge is 0.137 e. The number of hydrogen-bond donors (Lipinski definition) is 1. The highest BCUT2D eigenvalue weighted by atomic mass is 79.9. The molecule has 1 aliphatic heterocycles. The Balaban J connectivity index is 0.00000144. The first-order chi connectivity index (χ1) is 7.70. The van der Waals surface area contributed by atoms with Crippen LogP contribution in [0.2, 0.25) is 0 Å². The van der Waals surface area contributed by atoms with E-state index in [4.69, 9.17) is 0 Å². The second-order valence-corrected chi connectivity index (χ2v) is 4.90. The van der Waals surface area contributed by atoms with Gasteiger partial charge in [-0.1, -0.05) is 12.1 Å². The van der Waals surface area contributed by atoms with Gasteiger partial charge in [-0.25, -0.2) is 4.39 Å². The molecule has 0 spiro atoms. The Kier molecular flexibility index (Phi) is 8.39. The predicted molar refractivity (Wildman–Crippen MR) is 81.5 cm³/mol. The Morgan fingerprint density at radius 3 is 2.50 bits per heavy atom. The maximum absolute atomic E-state index is 13.4. The van der Waals surface area contributed by atoms with Crippen LogP contribution in [0.4, 0.5) is 4.39 Å². The lowest BCUT2D eigenvalue weighted by atomic mass is 10.1. The van der Waals surface area contributed by atoms with E-state index in [0.717, 1.165) is 31.7 Å². The number of benzene rings is 1. The van der Waals surface area contributed by atoms with Crippen LogP contribution in [0.15, 0.2) is 22.7 Å². The molecule has 1 heterocycles. The van der Waals surface area contributed by atoms with Crippen LogP contribution in [-0.4, -0.2) is 31.1 Å². The summed E-state index contributed by atoms with van der Waals surface area (Å²) >= 11 is 3.33. The first-order valence-corrected chi connectivity index (χ1v) is 6.38. The van der Waals surface area contributed by atoms with Crippen molar-refractivity contribution in [2.45, 2.75) is 13.0 Å². The van der Waals surface area contributed by atoms with Crippen molar-refractivity contribution < 1.29 is 4.39 Å². The summed E-state index contributed by atoms with van der Waals surface area (Å²) < 4.78 is 14.0. The zero-order valence-corrected chi connectivity index (χ0v) is 13.4.